The quantitative estimate of drug-likeness (QED) is 0.886. The second-order valence-electron chi connectivity index (χ2n) is 3.81. The predicted octanol–water partition coefficient (Wildman–Crippen LogP) is 2.13. The first kappa shape index (κ1) is 13.8. The van der Waals surface area contributed by atoms with Crippen molar-refractivity contribution < 1.29 is 18.3 Å². The third-order valence-electron chi connectivity index (χ3n) is 2.28. The molecule has 17 heavy (non-hydrogen) atoms. The Hall–Kier alpha value is -1.30. The maximum absolute atomic E-state index is 12.2. The Morgan fingerprint density at radius 2 is 2.00 bits per heavy atom. The van der Waals surface area contributed by atoms with E-state index in [4.69, 9.17) is 5.11 Å². The van der Waals surface area contributed by atoms with Gasteiger partial charge in [0.25, 0.3) is 0 Å². The van der Waals surface area contributed by atoms with E-state index in [0.717, 1.165) is 4.90 Å². The zero-order valence-corrected chi connectivity index (χ0v) is 9.75. The van der Waals surface area contributed by atoms with Crippen LogP contribution in [0.2, 0.25) is 0 Å². The Morgan fingerprint density at radius 3 is 2.47 bits per heavy atom. The minimum absolute atomic E-state index is 0.206. The fourth-order valence-electron chi connectivity index (χ4n) is 1.45. The van der Waals surface area contributed by atoms with Crippen molar-refractivity contribution >= 4 is 5.82 Å². The van der Waals surface area contributed by atoms with Gasteiger partial charge in [-0.3, -0.25) is 0 Å². The van der Waals surface area contributed by atoms with Crippen molar-refractivity contribution in [2.75, 3.05) is 18.5 Å². The number of alkyl halides is 3. The molecule has 0 saturated heterocycles. The maximum Gasteiger partial charge on any atom is 0.405 e. The van der Waals surface area contributed by atoms with E-state index in [1.54, 1.807) is 6.07 Å². The highest BCUT2D eigenvalue weighted by Crippen LogP contribution is 2.21. The average Bonchev–Trinajstić information content (AvgIpc) is 2.26. The monoisotopic (exact) mass is 248 g/mol. The Bertz CT molecular complexity index is 357. The normalized spacial score (nSPS) is 11.6. The summed E-state index contributed by atoms with van der Waals surface area (Å²) in [5.41, 5.74) is 1.24. The van der Waals surface area contributed by atoms with Crippen molar-refractivity contribution in [1.29, 1.82) is 0 Å². The number of nitrogens with zero attached hydrogens (tertiary/aromatic N) is 2. The summed E-state index contributed by atoms with van der Waals surface area (Å²) in [4.78, 5) is 5.12. The van der Waals surface area contributed by atoms with Crippen LogP contribution in [0.5, 0.6) is 0 Å². The van der Waals surface area contributed by atoms with E-state index in [1.807, 2.05) is 6.92 Å². The highest BCUT2D eigenvalue weighted by atomic mass is 19.4. The van der Waals surface area contributed by atoms with E-state index < -0.39 is 12.7 Å². The molecule has 0 aromatic carbocycles. The van der Waals surface area contributed by atoms with Gasteiger partial charge in [-0.15, -0.1) is 0 Å². The summed E-state index contributed by atoms with van der Waals surface area (Å²) >= 11 is 0. The fraction of sp³-hybridized carbons (Fsp3) is 0.545. The molecular weight excluding hydrogens is 233 g/mol. The largest absolute Gasteiger partial charge is 0.405 e. The van der Waals surface area contributed by atoms with Crippen molar-refractivity contribution in [2.24, 2.45) is 0 Å². The van der Waals surface area contributed by atoms with Gasteiger partial charge in [-0.2, -0.15) is 13.2 Å². The minimum Gasteiger partial charge on any atom is -0.392 e. The first-order valence-electron chi connectivity index (χ1n) is 5.24. The summed E-state index contributed by atoms with van der Waals surface area (Å²) < 4.78 is 36.7. The van der Waals surface area contributed by atoms with E-state index in [9.17, 15) is 13.2 Å². The van der Waals surface area contributed by atoms with Crippen molar-refractivity contribution in [1.82, 2.24) is 4.98 Å². The lowest BCUT2D eigenvalue weighted by Crippen LogP contribution is -2.31. The van der Waals surface area contributed by atoms with Crippen LogP contribution in [0, 0.1) is 0 Å². The van der Waals surface area contributed by atoms with Crippen LogP contribution in [0.15, 0.2) is 12.1 Å². The molecule has 6 heteroatoms. The fourth-order valence-corrected chi connectivity index (χ4v) is 1.45. The highest BCUT2D eigenvalue weighted by Gasteiger charge is 2.29. The number of halogens is 3. The van der Waals surface area contributed by atoms with Gasteiger partial charge in [0.15, 0.2) is 0 Å². The van der Waals surface area contributed by atoms with Crippen molar-refractivity contribution in [2.45, 2.75) is 26.1 Å². The maximum atomic E-state index is 12.2. The van der Waals surface area contributed by atoms with Gasteiger partial charge in [0, 0.05) is 12.7 Å². The van der Waals surface area contributed by atoms with Gasteiger partial charge in [0.05, 0.1) is 6.61 Å². The number of aliphatic hydroxyl groups is 1. The third-order valence-corrected chi connectivity index (χ3v) is 2.28. The van der Waals surface area contributed by atoms with Gasteiger partial charge >= 0.3 is 6.18 Å². The molecule has 0 aliphatic carbocycles. The summed E-state index contributed by atoms with van der Waals surface area (Å²) in [6, 6.07) is 3.15. The second kappa shape index (κ2) is 5.35. The Balaban J connectivity index is 2.96. The van der Waals surface area contributed by atoms with E-state index in [-0.39, 0.29) is 12.4 Å². The van der Waals surface area contributed by atoms with Crippen LogP contribution in [0.25, 0.3) is 0 Å². The van der Waals surface area contributed by atoms with Crippen LogP contribution in [0.3, 0.4) is 0 Å². The molecule has 3 nitrogen and oxygen atoms in total. The molecular formula is C11H15F3N2O. The minimum atomic E-state index is -4.27. The van der Waals surface area contributed by atoms with Gasteiger partial charge in [-0.05, 0) is 24.1 Å². The van der Waals surface area contributed by atoms with Crippen LogP contribution in [0.4, 0.5) is 19.0 Å². The van der Waals surface area contributed by atoms with Gasteiger partial charge in [-0.1, -0.05) is 6.92 Å². The molecule has 1 rings (SSSR count). The Morgan fingerprint density at radius 1 is 1.35 bits per heavy atom. The number of rotatable bonds is 4. The molecule has 1 aromatic heterocycles. The summed E-state index contributed by atoms with van der Waals surface area (Å²) in [7, 11) is 1.33. The summed E-state index contributed by atoms with van der Waals surface area (Å²) in [6.07, 6.45) is -3.65. The molecule has 0 amide bonds. The molecule has 1 aromatic rings. The Kier molecular flexibility index (Phi) is 4.34. The first-order valence-corrected chi connectivity index (χ1v) is 5.24. The molecule has 0 radical (unpaired) electrons. The number of aliphatic hydroxyl groups excluding tert-OH is 1. The number of anilines is 1. The molecule has 1 N–H and O–H groups in total. The highest BCUT2D eigenvalue weighted by molar-refractivity contribution is 5.42. The van der Waals surface area contributed by atoms with Gasteiger partial charge in [0.2, 0.25) is 0 Å². The zero-order valence-electron chi connectivity index (χ0n) is 9.75. The smallest absolute Gasteiger partial charge is 0.392 e. The molecule has 0 aliphatic heterocycles. The molecule has 1 heterocycles. The molecule has 0 saturated carbocycles. The molecule has 0 atom stereocenters. The van der Waals surface area contributed by atoms with Crippen LogP contribution in [-0.4, -0.2) is 29.9 Å². The van der Waals surface area contributed by atoms with Crippen molar-refractivity contribution in [3.8, 4) is 0 Å². The lowest BCUT2D eigenvalue weighted by atomic mass is 10.2. The molecule has 0 bridgehead atoms. The van der Waals surface area contributed by atoms with Crippen LogP contribution in [-0.2, 0) is 13.0 Å². The summed E-state index contributed by atoms with van der Waals surface area (Å²) in [5, 5.41) is 9.03. The van der Waals surface area contributed by atoms with Crippen LogP contribution in [0.1, 0.15) is 18.2 Å². The van der Waals surface area contributed by atoms with E-state index in [1.165, 1.54) is 13.1 Å². The van der Waals surface area contributed by atoms with Crippen LogP contribution >= 0.6 is 0 Å². The van der Waals surface area contributed by atoms with E-state index in [0.29, 0.717) is 17.7 Å². The van der Waals surface area contributed by atoms with E-state index >= 15 is 0 Å². The molecule has 0 spiro atoms. The number of aryl methyl sites for hydroxylation is 1. The predicted molar refractivity (Wildman–Crippen MR) is 58.9 cm³/mol. The molecule has 0 aliphatic rings. The average molecular weight is 248 g/mol. The van der Waals surface area contributed by atoms with Crippen molar-refractivity contribution in [3.63, 3.8) is 0 Å². The summed E-state index contributed by atoms with van der Waals surface area (Å²) in [6.45, 7) is 0.595. The summed E-state index contributed by atoms with van der Waals surface area (Å²) in [5.74, 6) is 0.228. The van der Waals surface area contributed by atoms with Crippen LogP contribution < -0.4 is 4.90 Å². The van der Waals surface area contributed by atoms with Gasteiger partial charge in [0.1, 0.15) is 12.4 Å². The number of pyridine rings is 1. The molecule has 0 unspecified atom stereocenters. The molecule has 0 fully saturated rings. The van der Waals surface area contributed by atoms with E-state index in [2.05, 4.69) is 4.98 Å². The second-order valence-corrected chi connectivity index (χ2v) is 3.81. The third kappa shape index (κ3) is 4.22. The SMILES string of the molecule is CCc1cc(CO)cc(N(C)CC(F)(F)F)n1. The number of aromatic nitrogens is 1. The van der Waals surface area contributed by atoms with Gasteiger partial charge < -0.3 is 10.0 Å². The Labute approximate surface area is 97.9 Å². The topological polar surface area (TPSA) is 36.4 Å². The van der Waals surface area contributed by atoms with Crippen molar-refractivity contribution in [3.05, 3.63) is 23.4 Å². The standard InChI is InChI=1S/C11H15F3N2O/c1-3-9-4-8(6-17)5-10(15-9)16(2)7-11(12,13)14/h4-5,17H,3,6-7H2,1-2H3. The number of hydrogen-bond donors (Lipinski definition) is 1. The number of hydrogen-bond acceptors (Lipinski definition) is 3. The lowest BCUT2D eigenvalue weighted by molar-refractivity contribution is -0.119. The van der Waals surface area contributed by atoms with Gasteiger partial charge in [-0.25, -0.2) is 4.98 Å². The molecule has 96 valence electrons. The lowest BCUT2D eigenvalue weighted by Gasteiger charge is -2.21. The first-order chi connectivity index (χ1) is 7.85. The zero-order chi connectivity index (χ0) is 13.1.